The predicted molar refractivity (Wildman–Crippen MR) is 56.3 cm³/mol. The van der Waals surface area contributed by atoms with E-state index in [4.69, 9.17) is 9.47 Å². The highest BCUT2D eigenvalue weighted by atomic mass is 16.5. The first-order valence-corrected chi connectivity index (χ1v) is 5.15. The molecule has 0 radical (unpaired) electrons. The third kappa shape index (κ3) is 6.71. The highest BCUT2D eigenvalue weighted by Crippen LogP contribution is 2.08. The van der Waals surface area contributed by atoms with Crippen LogP contribution in [0.1, 0.15) is 33.6 Å². The van der Waals surface area contributed by atoms with Gasteiger partial charge >= 0.3 is 11.9 Å². The molecule has 0 aliphatic heterocycles. The van der Waals surface area contributed by atoms with Crippen molar-refractivity contribution in [1.29, 1.82) is 0 Å². The van der Waals surface area contributed by atoms with E-state index in [2.05, 4.69) is 0 Å². The Morgan fingerprint density at radius 3 is 2.13 bits per heavy atom. The largest absolute Gasteiger partial charge is 0.466 e. The second-order valence-electron chi connectivity index (χ2n) is 2.89. The minimum atomic E-state index is -0.404. The van der Waals surface area contributed by atoms with Gasteiger partial charge in [0.05, 0.1) is 19.6 Å². The molecule has 0 N–H and O–H groups in total. The van der Waals surface area contributed by atoms with Crippen LogP contribution in [-0.2, 0) is 19.1 Å². The summed E-state index contributed by atoms with van der Waals surface area (Å²) in [6.07, 6.45) is 2.15. The van der Waals surface area contributed by atoms with E-state index >= 15 is 0 Å². The summed E-state index contributed by atoms with van der Waals surface area (Å²) >= 11 is 0. The molecule has 15 heavy (non-hydrogen) atoms. The fourth-order valence-corrected chi connectivity index (χ4v) is 1.03. The number of ether oxygens (including phenoxy) is 2. The molecule has 0 unspecified atom stereocenters. The van der Waals surface area contributed by atoms with Crippen LogP contribution < -0.4 is 0 Å². The van der Waals surface area contributed by atoms with Gasteiger partial charge < -0.3 is 9.47 Å². The molecule has 0 aromatic carbocycles. The van der Waals surface area contributed by atoms with Gasteiger partial charge in [0.15, 0.2) is 0 Å². The summed E-state index contributed by atoms with van der Waals surface area (Å²) in [7, 11) is 0. The molecule has 0 amide bonds. The Kier molecular flexibility index (Phi) is 7.32. The minimum Gasteiger partial charge on any atom is -0.466 e. The molecule has 0 saturated carbocycles. The Balaban J connectivity index is 4.22. The van der Waals surface area contributed by atoms with E-state index < -0.39 is 5.97 Å². The van der Waals surface area contributed by atoms with E-state index in [9.17, 15) is 9.59 Å². The second-order valence-corrected chi connectivity index (χ2v) is 2.89. The first kappa shape index (κ1) is 13.7. The average molecular weight is 214 g/mol. The standard InChI is InChI=1S/C11H18O4/c1-4-9(7-10(12)14-5-2)8-11(13)15-6-3/h7H,4-6,8H2,1-3H3/b9-7-. The smallest absolute Gasteiger partial charge is 0.330 e. The van der Waals surface area contributed by atoms with E-state index in [0.717, 1.165) is 5.57 Å². The first-order chi connectivity index (χ1) is 7.13. The van der Waals surface area contributed by atoms with Crippen LogP contribution >= 0.6 is 0 Å². The SMILES string of the molecule is CCOC(=O)/C=C(/CC)CC(=O)OCC. The van der Waals surface area contributed by atoms with Gasteiger partial charge in [0.1, 0.15) is 0 Å². The number of esters is 2. The summed E-state index contributed by atoms with van der Waals surface area (Å²) in [5, 5.41) is 0. The van der Waals surface area contributed by atoms with Crippen molar-refractivity contribution >= 4 is 11.9 Å². The van der Waals surface area contributed by atoms with Crippen LogP contribution in [0.5, 0.6) is 0 Å². The Hall–Kier alpha value is -1.32. The highest BCUT2D eigenvalue weighted by molar-refractivity contribution is 5.84. The van der Waals surface area contributed by atoms with Crippen molar-refractivity contribution in [3.63, 3.8) is 0 Å². The number of rotatable bonds is 6. The van der Waals surface area contributed by atoms with Crippen LogP contribution in [0.3, 0.4) is 0 Å². The zero-order valence-corrected chi connectivity index (χ0v) is 9.54. The van der Waals surface area contributed by atoms with Crippen molar-refractivity contribution in [2.75, 3.05) is 13.2 Å². The lowest BCUT2D eigenvalue weighted by Gasteiger charge is -2.04. The van der Waals surface area contributed by atoms with E-state index in [1.807, 2.05) is 6.92 Å². The molecule has 0 rings (SSSR count). The zero-order chi connectivity index (χ0) is 11.7. The van der Waals surface area contributed by atoms with Gasteiger partial charge in [-0.25, -0.2) is 4.79 Å². The summed E-state index contributed by atoms with van der Waals surface area (Å²) in [5.41, 5.74) is 0.729. The maximum atomic E-state index is 11.1. The molecular formula is C11H18O4. The van der Waals surface area contributed by atoms with Crippen LogP contribution in [-0.4, -0.2) is 25.2 Å². The van der Waals surface area contributed by atoms with Crippen molar-refractivity contribution in [2.45, 2.75) is 33.6 Å². The zero-order valence-electron chi connectivity index (χ0n) is 9.54. The lowest BCUT2D eigenvalue weighted by molar-refractivity contribution is -0.142. The van der Waals surface area contributed by atoms with Gasteiger partial charge in [-0.2, -0.15) is 0 Å². The van der Waals surface area contributed by atoms with Crippen molar-refractivity contribution < 1.29 is 19.1 Å². The fourth-order valence-electron chi connectivity index (χ4n) is 1.03. The Bertz CT molecular complexity index is 243. The van der Waals surface area contributed by atoms with Crippen LogP contribution in [0.2, 0.25) is 0 Å². The first-order valence-electron chi connectivity index (χ1n) is 5.15. The van der Waals surface area contributed by atoms with Crippen LogP contribution in [0.25, 0.3) is 0 Å². The van der Waals surface area contributed by atoms with Crippen molar-refractivity contribution in [3.8, 4) is 0 Å². The topological polar surface area (TPSA) is 52.6 Å². The summed E-state index contributed by atoms with van der Waals surface area (Å²) < 4.78 is 9.53. The Morgan fingerprint density at radius 1 is 1.07 bits per heavy atom. The van der Waals surface area contributed by atoms with Crippen molar-refractivity contribution in [3.05, 3.63) is 11.6 Å². The van der Waals surface area contributed by atoms with E-state index in [0.29, 0.717) is 19.6 Å². The minimum absolute atomic E-state index is 0.156. The third-order valence-corrected chi connectivity index (χ3v) is 1.74. The van der Waals surface area contributed by atoms with Gasteiger partial charge in [0, 0.05) is 6.08 Å². The maximum absolute atomic E-state index is 11.1. The predicted octanol–water partition coefficient (Wildman–Crippen LogP) is 1.84. The Labute approximate surface area is 90.2 Å². The van der Waals surface area contributed by atoms with Gasteiger partial charge in [-0.3, -0.25) is 4.79 Å². The van der Waals surface area contributed by atoms with Crippen molar-refractivity contribution in [1.82, 2.24) is 0 Å². The molecule has 0 aromatic heterocycles. The maximum Gasteiger partial charge on any atom is 0.330 e. The van der Waals surface area contributed by atoms with Gasteiger partial charge in [-0.05, 0) is 20.3 Å². The summed E-state index contributed by atoms with van der Waals surface area (Å²) in [4.78, 5) is 22.2. The van der Waals surface area contributed by atoms with E-state index in [-0.39, 0.29) is 12.4 Å². The van der Waals surface area contributed by atoms with Gasteiger partial charge in [-0.15, -0.1) is 0 Å². The molecule has 86 valence electrons. The van der Waals surface area contributed by atoms with E-state index in [1.54, 1.807) is 13.8 Å². The molecule has 4 nitrogen and oxygen atoms in total. The molecule has 0 saturated heterocycles. The third-order valence-electron chi connectivity index (χ3n) is 1.74. The van der Waals surface area contributed by atoms with Gasteiger partial charge in [0.25, 0.3) is 0 Å². The molecule has 0 aliphatic rings. The molecule has 4 heteroatoms. The normalized spacial score (nSPS) is 11.0. The molecule has 0 atom stereocenters. The number of hydrogen-bond donors (Lipinski definition) is 0. The van der Waals surface area contributed by atoms with Crippen molar-refractivity contribution in [2.24, 2.45) is 0 Å². The Morgan fingerprint density at radius 2 is 1.67 bits per heavy atom. The monoisotopic (exact) mass is 214 g/mol. The summed E-state index contributed by atoms with van der Waals surface area (Å²) in [6.45, 7) is 6.06. The highest BCUT2D eigenvalue weighted by Gasteiger charge is 2.07. The summed E-state index contributed by atoms with van der Waals surface area (Å²) in [6, 6.07) is 0. The van der Waals surface area contributed by atoms with E-state index in [1.165, 1.54) is 6.08 Å². The molecule has 0 aliphatic carbocycles. The van der Waals surface area contributed by atoms with Gasteiger partial charge in [0.2, 0.25) is 0 Å². The quantitative estimate of drug-likeness (QED) is 0.500. The lowest BCUT2D eigenvalue weighted by atomic mass is 10.1. The number of hydrogen-bond acceptors (Lipinski definition) is 4. The summed E-state index contributed by atoms with van der Waals surface area (Å²) in [5.74, 6) is -0.714. The average Bonchev–Trinajstić information content (AvgIpc) is 2.17. The molecular weight excluding hydrogens is 196 g/mol. The molecule has 0 spiro atoms. The lowest BCUT2D eigenvalue weighted by Crippen LogP contribution is -2.07. The fraction of sp³-hybridized carbons (Fsp3) is 0.636. The number of carbonyl (C=O) groups is 2. The van der Waals surface area contributed by atoms with Gasteiger partial charge in [-0.1, -0.05) is 12.5 Å². The van der Waals surface area contributed by atoms with Crippen LogP contribution in [0.15, 0.2) is 11.6 Å². The molecule has 0 fully saturated rings. The van der Waals surface area contributed by atoms with Crippen LogP contribution in [0.4, 0.5) is 0 Å². The molecule has 0 heterocycles. The van der Waals surface area contributed by atoms with Crippen LogP contribution in [0, 0.1) is 0 Å². The molecule has 0 aromatic rings. The number of carbonyl (C=O) groups excluding carboxylic acids is 2. The second kappa shape index (κ2) is 8.03. The molecule has 0 bridgehead atoms.